The summed E-state index contributed by atoms with van der Waals surface area (Å²) in [5, 5.41) is 10.1. The standard InChI is InChI=1S/C36H54O4/c1-24(2)14-11-15-25(3)16-12-17-26(4)18-13-22-36(8)23-21-30-29(7)33(27(5)28(6)34(30)40-36)39-35(38)31-19-9-10-20-32(31)37/h9-10,19-20,24-26,37H,11-18,21-23H2,1-8H3. The van der Waals surface area contributed by atoms with E-state index in [1.807, 2.05) is 13.8 Å². The highest BCUT2D eigenvalue weighted by molar-refractivity contribution is 5.94. The van der Waals surface area contributed by atoms with Crippen LogP contribution in [0.15, 0.2) is 24.3 Å². The molecule has 0 radical (unpaired) electrons. The lowest BCUT2D eigenvalue weighted by Crippen LogP contribution is -2.37. The zero-order valence-corrected chi connectivity index (χ0v) is 26.5. The van der Waals surface area contributed by atoms with E-state index in [0.29, 0.717) is 5.75 Å². The molecule has 4 nitrogen and oxygen atoms in total. The maximum Gasteiger partial charge on any atom is 0.347 e. The minimum absolute atomic E-state index is 0.0717. The molecule has 0 saturated carbocycles. The molecule has 0 aliphatic carbocycles. The Morgan fingerprint density at radius 2 is 1.50 bits per heavy atom. The molecular formula is C36H54O4. The van der Waals surface area contributed by atoms with Crippen LogP contribution in [0, 0.1) is 38.5 Å². The molecule has 3 atom stereocenters. The van der Waals surface area contributed by atoms with Crippen molar-refractivity contribution in [2.45, 2.75) is 132 Å². The maximum absolute atomic E-state index is 12.8. The van der Waals surface area contributed by atoms with Crippen molar-refractivity contribution in [1.82, 2.24) is 0 Å². The van der Waals surface area contributed by atoms with Crippen molar-refractivity contribution in [2.24, 2.45) is 17.8 Å². The average molecular weight is 551 g/mol. The van der Waals surface area contributed by atoms with E-state index in [1.54, 1.807) is 18.2 Å². The fourth-order valence-electron chi connectivity index (χ4n) is 6.21. The summed E-state index contributed by atoms with van der Waals surface area (Å²) in [5.74, 6) is 3.37. The fourth-order valence-corrected chi connectivity index (χ4v) is 6.21. The SMILES string of the molecule is Cc1c(C)c2c(c(C)c1OC(=O)c1ccccc1O)CCC(C)(CCCC(C)CCCC(C)CCCC(C)C)O2. The first-order valence-electron chi connectivity index (χ1n) is 15.7. The Balaban J connectivity index is 1.54. The van der Waals surface area contributed by atoms with Gasteiger partial charge in [-0.15, -0.1) is 0 Å². The van der Waals surface area contributed by atoms with Crippen LogP contribution in [-0.4, -0.2) is 16.7 Å². The molecule has 0 fully saturated rings. The zero-order chi connectivity index (χ0) is 29.4. The molecule has 1 N–H and O–H groups in total. The number of aromatic hydroxyl groups is 1. The third-order valence-electron chi connectivity index (χ3n) is 9.16. The van der Waals surface area contributed by atoms with Crippen LogP contribution in [0.5, 0.6) is 17.2 Å². The van der Waals surface area contributed by atoms with Gasteiger partial charge in [-0.3, -0.25) is 0 Å². The monoisotopic (exact) mass is 550 g/mol. The summed E-state index contributed by atoms with van der Waals surface area (Å²) in [7, 11) is 0. The lowest BCUT2D eigenvalue weighted by Gasteiger charge is -2.38. The summed E-state index contributed by atoms with van der Waals surface area (Å²) in [6.45, 7) is 17.8. The van der Waals surface area contributed by atoms with E-state index in [2.05, 4.69) is 41.5 Å². The Bertz CT molecular complexity index is 1130. The summed E-state index contributed by atoms with van der Waals surface area (Å²) in [4.78, 5) is 12.8. The quantitative estimate of drug-likeness (QED) is 0.188. The molecule has 1 aliphatic rings. The van der Waals surface area contributed by atoms with Gasteiger partial charge in [0.2, 0.25) is 0 Å². The van der Waals surface area contributed by atoms with E-state index in [-0.39, 0.29) is 16.9 Å². The second kappa shape index (κ2) is 14.4. The highest BCUT2D eigenvalue weighted by Gasteiger charge is 2.35. The normalized spacial score (nSPS) is 18.2. The minimum Gasteiger partial charge on any atom is -0.507 e. The van der Waals surface area contributed by atoms with Crippen LogP contribution in [0.3, 0.4) is 0 Å². The Labute approximate surface area is 243 Å². The number of phenols is 1. The van der Waals surface area contributed by atoms with Gasteiger partial charge in [0.1, 0.15) is 28.4 Å². The number of rotatable bonds is 14. The van der Waals surface area contributed by atoms with Crippen molar-refractivity contribution < 1.29 is 19.4 Å². The predicted octanol–water partition coefficient (Wildman–Crippen LogP) is 10.1. The van der Waals surface area contributed by atoms with Gasteiger partial charge in [0.15, 0.2) is 0 Å². The fraction of sp³-hybridized carbons (Fsp3) is 0.639. The lowest BCUT2D eigenvalue weighted by molar-refractivity contribution is 0.0508. The summed E-state index contributed by atoms with van der Waals surface area (Å²) in [6.07, 6.45) is 13.5. The van der Waals surface area contributed by atoms with Gasteiger partial charge in [-0.05, 0) is 100.0 Å². The molecule has 40 heavy (non-hydrogen) atoms. The largest absolute Gasteiger partial charge is 0.507 e. The molecule has 222 valence electrons. The van der Waals surface area contributed by atoms with Crippen LogP contribution in [-0.2, 0) is 6.42 Å². The van der Waals surface area contributed by atoms with Crippen molar-refractivity contribution in [3.05, 3.63) is 52.1 Å². The van der Waals surface area contributed by atoms with E-state index in [1.165, 1.54) is 57.4 Å². The van der Waals surface area contributed by atoms with Crippen LogP contribution in [0.4, 0.5) is 0 Å². The molecular weight excluding hydrogens is 496 g/mol. The number of fused-ring (bicyclic) bond motifs is 1. The van der Waals surface area contributed by atoms with Gasteiger partial charge in [-0.1, -0.05) is 84.8 Å². The smallest absolute Gasteiger partial charge is 0.347 e. The van der Waals surface area contributed by atoms with Crippen LogP contribution < -0.4 is 9.47 Å². The zero-order valence-electron chi connectivity index (χ0n) is 26.5. The highest BCUT2D eigenvalue weighted by atomic mass is 16.5. The Kier molecular flexibility index (Phi) is 11.5. The van der Waals surface area contributed by atoms with Gasteiger partial charge in [-0.2, -0.15) is 0 Å². The second-order valence-electron chi connectivity index (χ2n) is 13.3. The topological polar surface area (TPSA) is 55.8 Å². The number of phenolic OH excluding ortho intramolecular Hbond substituents is 1. The van der Waals surface area contributed by atoms with Crippen molar-refractivity contribution in [3.8, 4) is 17.2 Å². The molecule has 2 aromatic carbocycles. The van der Waals surface area contributed by atoms with Gasteiger partial charge >= 0.3 is 5.97 Å². The molecule has 2 aromatic rings. The van der Waals surface area contributed by atoms with Gasteiger partial charge in [0.05, 0.1) is 0 Å². The summed E-state index contributed by atoms with van der Waals surface area (Å²) >= 11 is 0. The third kappa shape index (κ3) is 8.51. The first-order chi connectivity index (χ1) is 18.9. The molecule has 0 spiro atoms. The number of carbonyl (C=O) groups excluding carboxylic acids is 1. The first-order valence-corrected chi connectivity index (χ1v) is 15.7. The van der Waals surface area contributed by atoms with Crippen LogP contribution in [0.2, 0.25) is 0 Å². The highest BCUT2D eigenvalue weighted by Crippen LogP contribution is 2.45. The summed E-state index contributed by atoms with van der Waals surface area (Å²) in [5.41, 5.74) is 4.03. The second-order valence-corrected chi connectivity index (χ2v) is 13.3. The van der Waals surface area contributed by atoms with Crippen LogP contribution in [0.25, 0.3) is 0 Å². The predicted molar refractivity (Wildman–Crippen MR) is 166 cm³/mol. The average Bonchev–Trinajstić information content (AvgIpc) is 2.89. The maximum atomic E-state index is 12.8. The number of hydrogen-bond donors (Lipinski definition) is 1. The number of esters is 1. The molecule has 3 rings (SSSR count). The van der Waals surface area contributed by atoms with Crippen molar-refractivity contribution in [3.63, 3.8) is 0 Å². The molecule has 1 heterocycles. The van der Waals surface area contributed by atoms with Crippen LogP contribution in [0.1, 0.15) is 131 Å². The lowest BCUT2D eigenvalue weighted by atomic mass is 9.83. The number of benzene rings is 2. The van der Waals surface area contributed by atoms with Gasteiger partial charge in [0, 0.05) is 5.56 Å². The van der Waals surface area contributed by atoms with Gasteiger partial charge < -0.3 is 14.6 Å². The van der Waals surface area contributed by atoms with Gasteiger partial charge in [-0.25, -0.2) is 4.79 Å². The van der Waals surface area contributed by atoms with Crippen molar-refractivity contribution in [2.75, 3.05) is 0 Å². The molecule has 0 bridgehead atoms. The Morgan fingerprint density at radius 1 is 0.900 bits per heavy atom. The van der Waals surface area contributed by atoms with E-state index in [4.69, 9.17) is 9.47 Å². The third-order valence-corrected chi connectivity index (χ3v) is 9.16. The number of hydrogen-bond acceptors (Lipinski definition) is 4. The van der Waals surface area contributed by atoms with Crippen molar-refractivity contribution >= 4 is 5.97 Å². The number of ether oxygens (including phenoxy) is 2. The van der Waals surface area contributed by atoms with E-state index >= 15 is 0 Å². The van der Waals surface area contributed by atoms with E-state index in [9.17, 15) is 9.90 Å². The molecule has 0 aromatic heterocycles. The Hall–Kier alpha value is -2.49. The first kappa shape index (κ1) is 32.0. The van der Waals surface area contributed by atoms with E-state index < -0.39 is 5.97 Å². The van der Waals surface area contributed by atoms with Crippen molar-refractivity contribution in [1.29, 1.82) is 0 Å². The summed E-state index contributed by atoms with van der Waals surface area (Å²) < 4.78 is 12.6. The van der Waals surface area contributed by atoms with Crippen LogP contribution >= 0.6 is 0 Å². The summed E-state index contributed by atoms with van der Waals surface area (Å²) in [6, 6.07) is 6.50. The molecule has 3 unspecified atom stereocenters. The van der Waals surface area contributed by atoms with Gasteiger partial charge in [0.25, 0.3) is 0 Å². The van der Waals surface area contributed by atoms with E-state index in [0.717, 1.165) is 65.0 Å². The number of para-hydroxylation sites is 1. The molecule has 1 aliphatic heterocycles. The molecule has 0 saturated heterocycles. The number of carbonyl (C=O) groups is 1. The minimum atomic E-state index is -0.542. The molecule has 0 amide bonds. The molecule has 4 heteroatoms. The Morgan fingerprint density at radius 3 is 2.12 bits per heavy atom.